The van der Waals surface area contributed by atoms with Crippen LogP contribution >= 0.6 is 0 Å². The van der Waals surface area contributed by atoms with Crippen LogP contribution in [0.3, 0.4) is 0 Å². The molecule has 0 aliphatic carbocycles. The fourth-order valence-corrected chi connectivity index (χ4v) is 2.50. The largest absolute Gasteiger partial charge is 0.328 e. The van der Waals surface area contributed by atoms with Gasteiger partial charge in [-0.05, 0) is 31.5 Å². The van der Waals surface area contributed by atoms with Crippen molar-refractivity contribution in [2.45, 2.75) is 38.6 Å². The Balaban J connectivity index is 2.39. The van der Waals surface area contributed by atoms with E-state index in [0.29, 0.717) is 0 Å². The summed E-state index contributed by atoms with van der Waals surface area (Å²) in [6, 6.07) is 12.5. The maximum absolute atomic E-state index is 5.94. The lowest BCUT2D eigenvalue weighted by molar-refractivity contribution is 0.416. The number of nitrogens with two attached hydrogens (primary N) is 1. The average molecular weight is 243 g/mol. The molecular weight excluding hydrogens is 222 g/mol. The van der Waals surface area contributed by atoms with Gasteiger partial charge in [0.05, 0.1) is 5.69 Å². The molecule has 3 heteroatoms. The number of para-hydroxylation sites is 1. The smallest absolute Gasteiger partial charge is 0.0649 e. The van der Waals surface area contributed by atoms with E-state index in [1.165, 1.54) is 5.69 Å². The van der Waals surface area contributed by atoms with Crippen LogP contribution in [0, 0.1) is 0 Å². The maximum atomic E-state index is 5.94. The summed E-state index contributed by atoms with van der Waals surface area (Å²) in [5.41, 5.74) is 8.25. The van der Waals surface area contributed by atoms with E-state index in [-0.39, 0.29) is 11.5 Å². The summed E-state index contributed by atoms with van der Waals surface area (Å²) in [6.45, 7) is 6.48. The Bertz CT molecular complexity index is 497. The van der Waals surface area contributed by atoms with E-state index in [2.05, 4.69) is 37.1 Å². The van der Waals surface area contributed by atoms with Crippen LogP contribution in [0.15, 0.2) is 42.6 Å². The second kappa shape index (κ2) is 4.94. The van der Waals surface area contributed by atoms with Crippen LogP contribution in [0.1, 0.15) is 32.9 Å². The van der Waals surface area contributed by atoms with E-state index in [1.807, 2.05) is 36.0 Å². The second-order valence-corrected chi connectivity index (χ2v) is 5.53. The molecule has 2 rings (SSSR count). The molecule has 0 saturated carbocycles. The summed E-state index contributed by atoms with van der Waals surface area (Å²) in [5, 5.41) is 4.44. The minimum absolute atomic E-state index is 0.0144. The van der Waals surface area contributed by atoms with Crippen molar-refractivity contribution in [1.29, 1.82) is 0 Å². The lowest BCUT2D eigenvalue weighted by atomic mass is 9.83. The Labute approximate surface area is 109 Å². The minimum Gasteiger partial charge on any atom is -0.328 e. The molecule has 0 radical (unpaired) electrons. The van der Waals surface area contributed by atoms with Crippen molar-refractivity contribution in [1.82, 2.24) is 9.78 Å². The highest BCUT2D eigenvalue weighted by Gasteiger charge is 2.26. The van der Waals surface area contributed by atoms with E-state index >= 15 is 0 Å². The molecule has 0 spiro atoms. The standard InChI is InChI=1S/C15H21N3/c1-12(16)11-15(2,3)14-9-10-17-18(14)13-7-5-4-6-8-13/h4-10,12H,11,16H2,1-3H3. The van der Waals surface area contributed by atoms with Crippen LogP contribution < -0.4 is 5.73 Å². The molecule has 0 saturated heterocycles. The van der Waals surface area contributed by atoms with Gasteiger partial charge >= 0.3 is 0 Å². The second-order valence-electron chi connectivity index (χ2n) is 5.53. The van der Waals surface area contributed by atoms with Crippen LogP contribution in [0.4, 0.5) is 0 Å². The van der Waals surface area contributed by atoms with Gasteiger partial charge in [0, 0.05) is 23.3 Å². The molecule has 0 fully saturated rings. The van der Waals surface area contributed by atoms with E-state index in [1.54, 1.807) is 0 Å². The first-order valence-electron chi connectivity index (χ1n) is 6.36. The predicted octanol–water partition coefficient (Wildman–Crippen LogP) is 2.89. The molecule has 18 heavy (non-hydrogen) atoms. The summed E-state index contributed by atoms with van der Waals surface area (Å²) in [5.74, 6) is 0. The number of rotatable bonds is 4. The molecule has 1 aromatic heterocycles. The number of benzene rings is 1. The number of nitrogens with zero attached hydrogens (tertiary/aromatic N) is 2. The van der Waals surface area contributed by atoms with E-state index < -0.39 is 0 Å². The van der Waals surface area contributed by atoms with Gasteiger partial charge in [0.2, 0.25) is 0 Å². The van der Waals surface area contributed by atoms with Crippen molar-refractivity contribution in [2.24, 2.45) is 5.73 Å². The first-order chi connectivity index (χ1) is 8.50. The van der Waals surface area contributed by atoms with Crippen molar-refractivity contribution >= 4 is 0 Å². The van der Waals surface area contributed by atoms with Crippen molar-refractivity contribution in [3.63, 3.8) is 0 Å². The lowest BCUT2D eigenvalue weighted by Gasteiger charge is -2.27. The first kappa shape index (κ1) is 12.8. The summed E-state index contributed by atoms with van der Waals surface area (Å²) in [6.07, 6.45) is 2.79. The molecule has 1 aromatic carbocycles. The summed E-state index contributed by atoms with van der Waals surface area (Å²) >= 11 is 0. The molecule has 0 aliphatic heterocycles. The van der Waals surface area contributed by atoms with Crippen LogP contribution in [0.25, 0.3) is 5.69 Å². The SMILES string of the molecule is CC(N)CC(C)(C)c1ccnn1-c1ccccc1. The van der Waals surface area contributed by atoms with Crippen molar-refractivity contribution in [3.05, 3.63) is 48.3 Å². The van der Waals surface area contributed by atoms with Gasteiger partial charge in [0.25, 0.3) is 0 Å². The van der Waals surface area contributed by atoms with Crippen molar-refractivity contribution < 1.29 is 0 Å². The maximum Gasteiger partial charge on any atom is 0.0649 e. The first-order valence-corrected chi connectivity index (χ1v) is 6.36. The normalized spacial score (nSPS) is 13.6. The highest BCUT2D eigenvalue weighted by molar-refractivity contribution is 5.34. The van der Waals surface area contributed by atoms with E-state index in [9.17, 15) is 0 Å². The van der Waals surface area contributed by atoms with Crippen molar-refractivity contribution in [3.8, 4) is 5.69 Å². The Kier molecular flexibility index (Phi) is 3.53. The van der Waals surface area contributed by atoms with Gasteiger partial charge in [-0.25, -0.2) is 4.68 Å². The molecule has 1 unspecified atom stereocenters. The highest BCUT2D eigenvalue weighted by atomic mass is 15.3. The van der Waals surface area contributed by atoms with Crippen LogP contribution in [0.2, 0.25) is 0 Å². The molecule has 0 aliphatic rings. The monoisotopic (exact) mass is 243 g/mol. The lowest BCUT2D eigenvalue weighted by Crippen LogP contribution is -2.30. The Morgan fingerprint density at radius 3 is 2.50 bits per heavy atom. The fraction of sp³-hybridized carbons (Fsp3) is 0.400. The third-order valence-electron chi connectivity index (χ3n) is 3.17. The number of aromatic nitrogens is 2. The average Bonchev–Trinajstić information content (AvgIpc) is 2.78. The van der Waals surface area contributed by atoms with Gasteiger partial charge in [0.15, 0.2) is 0 Å². The van der Waals surface area contributed by atoms with E-state index in [0.717, 1.165) is 12.1 Å². The van der Waals surface area contributed by atoms with Crippen LogP contribution in [-0.2, 0) is 5.41 Å². The van der Waals surface area contributed by atoms with Gasteiger partial charge in [0.1, 0.15) is 0 Å². The van der Waals surface area contributed by atoms with Gasteiger partial charge in [-0.15, -0.1) is 0 Å². The Hall–Kier alpha value is -1.61. The number of hydrogen-bond donors (Lipinski definition) is 1. The predicted molar refractivity (Wildman–Crippen MR) is 74.9 cm³/mol. The van der Waals surface area contributed by atoms with E-state index in [4.69, 9.17) is 5.73 Å². The van der Waals surface area contributed by atoms with Gasteiger partial charge < -0.3 is 5.73 Å². The Morgan fingerprint density at radius 1 is 1.22 bits per heavy atom. The van der Waals surface area contributed by atoms with Crippen LogP contribution in [-0.4, -0.2) is 15.8 Å². The molecule has 3 nitrogen and oxygen atoms in total. The molecule has 1 heterocycles. The number of hydrogen-bond acceptors (Lipinski definition) is 2. The molecule has 2 N–H and O–H groups in total. The zero-order chi connectivity index (χ0) is 13.2. The molecule has 0 amide bonds. The molecule has 0 bridgehead atoms. The van der Waals surface area contributed by atoms with Crippen molar-refractivity contribution in [2.75, 3.05) is 0 Å². The third-order valence-corrected chi connectivity index (χ3v) is 3.17. The molecule has 96 valence electrons. The molecule has 1 atom stereocenters. The zero-order valence-electron chi connectivity index (χ0n) is 11.3. The molecular formula is C15H21N3. The third kappa shape index (κ3) is 2.62. The summed E-state index contributed by atoms with van der Waals surface area (Å²) in [4.78, 5) is 0. The van der Waals surface area contributed by atoms with Crippen LogP contribution in [0.5, 0.6) is 0 Å². The summed E-state index contributed by atoms with van der Waals surface area (Å²) in [7, 11) is 0. The highest BCUT2D eigenvalue weighted by Crippen LogP contribution is 2.29. The quantitative estimate of drug-likeness (QED) is 0.897. The Morgan fingerprint density at radius 2 is 1.89 bits per heavy atom. The van der Waals surface area contributed by atoms with Gasteiger partial charge in [-0.1, -0.05) is 32.0 Å². The van der Waals surface area contributed by atoms with Gasteiger partial charge in [-0.3, -0.25) is 0 Å². The minimum atomic E-state index is 0.0144. The topological polar surface area (TPSA) is 43.8 Å². The molecule has 2 aromatic rings. The fourth-order valence-electron chi connectivity index (χ4n) is 2.50. The summed E-state index contributed by atoms with van der Waals surface area (Å²) < 4.78 is 2.00. The zero-order valence-corrected chi connectivity index (χ0v) is 11.3. The van der Waals surface area contributed by atoms with Gasteiger partial charge in [-0.2, -0.15) is 5.10 Å².